The standard InChI is InChI=1S/C12H14ClNO4/c1-6(12(17)18)7(2)14-11(16)9-4-3-8(13)5-10(9)15/h3-7,15H,1-2H3,(H,14,16)(H,17,18). The monoisotopic (exact) mass is 271 g/mol. The van der Waals surface area contributed by atoms with Gasteiger partial charge in [0, 0.05) is 11.1 Å². The normalized spacial score (nSPS) is 13.7. The van der Waals surface area contributed by atoms with E-state index in [4.69, 9.17) is 16.7 Å². The lowest BCUT2D eigenvalue weighted by molar-refractivity contribution is -0.141. The van der Waals surface area contributed by atoms with Crippen molar-refractivity contribution in [3.8, 4) is 5.75 Å². The van der Waals surface area contributed by atoms with E-state index in [1.54, 1.807) is 6.92 Å². The maximum atomic E-state index is 11.8. The molecule has 0 radical (unpaired) electrons. The number of carboxylic acid groups (broad SMARTS) is 1. The molecule has 1 amide bonds. The molecule has 0 aliphatic carbocycles. The fourth-order valence-electron chi connectivity index (χ4n) is 1.32. The molecule has 0 aromatic heterocycles. The van der Waals surface area contributed by atoms with Gasteiger partial charge in [0.25, 0.3) is 5.91 Å². The molecule has 2 unspecified atom stereocenters. The smallest absolute Gasteiger partial charge is 0.308 e. The molecule has 0 saturated carbocycles. The van der Waals surface area contributed by atoms with Gasteiger partial charge < -0.3 is 15.5 Å². The highest BCUT2D eigenvalue weighted by atomic mass is 35.5. The van der Waals surface area contributed by atoms with E-state index in [9.17, 15) is 14.7 Å². The average molecular weight is 272 g/mol. The molecule has 0 aliphatic heterocycles. The van der Waals surface area contributed by atoms with Crippen LogP contribution < -0.4 is 5.32 Å². The Morgan fingerprint density at radius 1 is 1.33 bits per heavy atom. The highest BCUT2D eigenvalue weighted by Gasteiger charge is 2.22. The Morgan fingerprint density at radius 3 is 2.44 bits per heavy atom. The molecule has 6 heteroatoms. The second-order valence-electron chi connectivity index (χ2n) is 4.05. The number of hydrogen-bond donors (Lipinski definition) is 3. The molecule has 0 heterocycles. The summed E-state index contributed by atoms with van der Waals surface area (Å²) in [6.45, 7) is 3.08. The van der Waals surface area contributed by atoms with Crippen molar-refractivity contribution in [1.82, 2.24) is 5.32 Å². The van der Waals surface area contributed by atoms with Crippen molar-refractivity contribution in [1.29, 1.82) is 0 Å². The second kappa shape index (κ2) is 5.73. The van der Waals surface area contributed by atoms with Gasteiger partial charge in [-0.15, -0.1) is 0 Å². The Labute approximate surface area is 109 Å². The van der Waals surface area contributed by atoms with Crippen LogP contribution >= 0.6 is 11.6 Å². The van der Waals surface area contributed by atoms with Crippen molar-refractivity contribution in [2.75, 3.05) is 0 Å². The molecule has 1 aromatic carbocycles. The largest absolute Gasteiger partial charge is 0.507 e. The van der Waals surface area contributed by atoms with Crippen LogP contribution in [0, 0.1) is 5.92 Å². The summed E-state index contributed by atoms with van der Waals surface area (Å²) in [4.78, 5) is 22.6. The van der Waals surface area contributed by atoms with Gasteiger partial charge in [0.05, 0.1) is 11.5 Å². The first kappa shape index (κ1) is 14.3. The summed E-state index contributed by atoms with van der Waals surface area (Å²) in [5.41, 5.74) is 0.0591. The molecular weight excluding hydrogens is 258 g/mol. The van der Waals surface area contributed by atoms with Gasteiger partial charge in [-0.2, -0.15) is 0 Å². The number of nitrogens with one attached hydrogen (secondary N) is 1. The van der Waals surface area contributed by atoms with E-state index in [2.05, 4.69) is 5.32 Å². The molecule has 0 bridgehead atoms. The fraction of sp³-hybridized carbons (Fsp3) is 0.333. The number of phenolic OH excluding ortho intramolecular Hbond substituents is 1. The molecule has 5 nitrogen and oxygen atoms in total. The summed E-state index contributed by atoms with van der Waals surface area (Å²) < 4.78 is 0. The summed E-state index contributed by atoms with van der Waals surface area (Å²) in [7, 11) is 0. The lowest BCUT2D eigenvalue weighted by Gasteiger charge is -2.18. The maximum absolute atomic E-state index is 11.8. The number of amides is 1. The van der Waals surface area contributed by atoms with Crippen LogP contribution in [0.2, 0.25) is 5.02 Å². The Morgan fingerprint density at radius 2 is 1.94 bits per heavy atom. The first-order valence-corrected chi connectivity index (χ1v) is 5.73. The highest BCUT2D eigenvalue weighted by molar-refractivity contribution is 6.30. The van der Waals surface area contributed by atoms with Gasteiger partial charge in [-0.05, 0) is 32.0 Å². The van der Waals surface area contributed by atoms with Gasteiger partial charge in [-0.1, -0.05) is 11.6 Å². The number of hydrogen-bond acceptors (Lipinski definition) is 3. The Bertz CT molecular complexity index is 475. The Kier molecular flexibility index (Phi) is 4.55. The summed E-state index contributed by atoms with van der Waals surface area (Å²) in [6.07, 6.45) is 0. The molecule has 18 heavy (non-hydrogen) atoms. The third kappa shape index (κ3) is 3.37. The predicted octanol–water partition coefficient (Wildman–Crippen LogP) is 1.88. The zero-order chi connectivity index (χ0) is 13.9. The van der Waals surface area contributed by atoms with Crippen LogP contribution in [0.4, 0.5) is 0 Å². The van der Waals surface area contributed by atoms with Crippen molar-refractivity contribution in [3.05, 3.63) is 28.8 Å². The first-order chi connectivity index (χ1) is 8.32. The Balaban J connectivity index is 2.79. The van der Waals surface area contributed by atoms with E-state index < -0.39 is 23.8 Å². The van der Waals surface area contributed by atoms with Gasteiger partial charge in [0.1, 0.15) is 5.75 Å². The lowest BCUT2D eigenvalue weighted by Crippen LogP contribution is -2.40. The molecule has 98 valence electrons. The summed E-state index contributed by atoms with van der Waals surface area (Å²) in [5, 5.41) is 21.2. The first-order valence-electron chi connectivity index (χ1n) is 5.35. The third-order valence-corrected chi connectivity index (χ3v) is 2.94. The number of benzene rings is 1. The third-order valence-electron chi connectivity index (χ3n) is 2.70. The molecule has 1 aromatic rings. The van der Waals surface area contributed by atoms with E-state index in [1.807, 2.05) is 0 Å². The van der Waals surface area contributed by atoms with Crippen LogP contribution in [-0.2, 0) is 4.79 Å². The number of carboxylic acids is 1. The van der Waals surface area contributed by atoms with E-state index in [1.165, 1.54) is 25.1 Å². The number of halogens is 1. The quantitative estimate of drug-likeness (QED) is 0.780. The van der Waals surface area contributed by atoms with Crippen LogP contribution in [-0.4, -0.2) is 28.1 Å². The number of aliphatic carboxylic acids is 1. The van der Waals surface area contributed by atoms with Crippen LogP contribution in [0.25, 0.3) is 0 Å². The van der Waals surface area contributed by atoms with Gasteiger partial charge in [-0.3, -0.25) is 9.59 Å². The highest BCUT2D eigenvalue weighted by Crippen LogP contribution is 2.22. The van der Waals surface area contributed by atoms with Crippen molar-refractivity contribution in [3.63, 3.8) is 0 Å². The van der Waals surface area contributed by atoms with E-state index >= 15 is 0 Å². The molecule has 1 rings (SSSR count). The van der Waals surface area contributed by atoms with Gasteiger partial charge in [-0.25, -0.2) is 0 Å². The van der Waals surface area contributed by atoms with E-state index in [0.29, 0.717) is 5.02 Å². The van der Waals surface area contributed by atoms with Crippen molar-refractivity contribution in [2.45, 2.75) is 19.9 Å². The summed E-state index contributed by atoms with van der Waals surface area (Å²) in [6, 6.07) is 3.55. The minimum absolute atomic E-state index is 0.0591. The van der Waals surface area contributed by atoms with Crippen LogP contribution in [0.3, 0.4) is 0 Å². The van der Waals surface area contributed by atoms with Crippen molar-refractivity contribution in [2.24, 2.45) is 5.92 Å². The van der Waals surface area contributed by atoms with Crippen molar-refractivity contribution >= 4 is 23.5 Å². The van der Waals surface area contributed by atoms with Crippen LogP contribution in [0.15, 0.2) is 18.2 Å². The van der Waals surface area contributed by atoms with Gasteiger partial charge >= 0.3 is 5.97 Å². The molecule has 0 saturated heterocycles. The van der Waals surface area contributed by atoms with E-state index in [0.717, 1.165) is 0 Å². The number of aromatic hydroxyl groups is 1. The number of carbonyl (C=O) groups is 2. The number of phenols is 1. The summed E-state index contributed by atoms with van der Waals surface area (Å²) in [5.74, 6) is -2.49. The predicted molar refractivity (Wildman–Crippen MR) is 66.8 cm³/mol. The zero-order valence-corrected chi connectivity index (χ0v) is 10.7. The van der Waals surface area contributed by atoms with Crippen LogP contribution in [0.1, 0.15) is 24.2 Å². The Hall–Kier alpha value is -1.75. The van der Waals surface area contributed by atoms with Crippen molar-refractivity contribution < 1.29 is 19.8 Å². The number of carbonyl (C=O) groups excluding carboxylic acids is 1. The summed E-state index contributed by atoms with van der Waals surface area (Å²) >= 11 is 5.65. The molecule has 2 atom stereocenters. The van der Waals surface area contributed by atoms with Gasteiger partial charge in [0.2, 0.25) is 0 Å². The molecular formula is C12H14ClNO4. The SMILES string of the molecule is CC(NC(=O)c1ccc(Cl)cc1O)C(C)C(=O)O. The zero-order valence-electron chi connectivity index (χ0n) is 9.98. The average Bonchev–Trinajstić information content (AvgIpc) is 2.27. The lowest BCUT2D eigenvalue weighted by atomic mass is 10.0. The number of rotatable bonds is 4. The van der Waals surface area contributed by atoms with E-state index in [-0.39, 0.29) is 11.3 Å². The minimum Gasteiger partial charge on any atom is -0.507 e. The fourth-order valence-corrected chi connectivity index (χ4v) is 1.49. The second-order valence-corrected chi connectivity index (χ2v) is 4.49. The van der Waals surface area contributed by atoms with Gasteiger partial charge in [0.15, 0.2) is 0 Å². The molecule has 0 spiro atoms. The topological polar surface area (TPSA) is 86.6 Å². The maximum Gasteiger partial charge on any atom is 0.308 e. The molecule has 3 N–H and O–H groups in total. The minimum atomic E-state index is -0.997. The molecule has 0 fully saturated rings. The molecule has 0 aliphatic rings. The van der Waals surface area contributed by atoms with Crippen LogP contribution in [0.5, 0.6) is 5.75 Å².